The van der Waals surface area contributed by atoms with Crippen molar-refractivity contribution in [2.24, 2.45) is 5.92 Å². The van der Waals surface area contributed by atoms with Gasteiger partial charge < -0.3 is 10.1 Å². The summed E-state index contributed by atoms with van der Waals surface area (Å²) < 4.78 is 5.61. The Kier molecular flexibility index (Phi) is 4.37. The van der Waals surface area contributed by atoms with Crippen LogP contribution in [-0.4, -0.2) is 16.9 Å². The molecular weight excluding hydrogens is 276 g/mol. The van der Waals surface area contributed by atoms with Gasteiger partial charge in [0.1, 0.15) is 6.61 Å². The largest absolute Gasteiger partial charge is 0.473 e. The van der Waals surface area contributed by atoms with Gasteiger partial charge in [-0.3, -0.25) is 4.79 Å². The van der Waals surface area contributed by atoms with Crippen molar-refractivity contribution in [2.45, 2.75) is 32.4 Å². The van der Waals surface area contributed by atoms with Gasteiger partial charge >= 0.3 is 0 Å². The summed E-state index contributed by atoms with van der Waals surface area (Å²) in [4.78, 5) is 16.3. The fourth-order valence-corrected chi connectivity index (χ4v) is 2.34. The summed E-state index contributed by atoms with van der Waals surface area (Å²) in [6, 6.07) is 13.6. The van der Waals surface area contributed by atoms with E-state index in [0.717, 1.165) is 5.56 Å². The highest BCUT2D eigenvalue weighted by Gasteiger charge is 2.29. The number of amides is 1. The monoisotopic (exact) mass is 296 g/mol. The molecule has 0 radical (unpaired) electrons. The van der Waals surface area contributed by atoms with Gasteiger partial charge in [0.05, 0.1) is 5.56 Å². The molecule has 1 N–H and O–H groups in total. The van der Waals surface area contributed by atoms with Gasteiger partial charge in [0.15, 0.2) is 0 Å². The Bertz CT molecular complexity index is 621. The zero-order valence-corrected chi connectivity index (χ0v) is 12.7. The van der Waals surface area contributed by atoms with E-state index in [1.54, 1.807) is 18.3 Å². The normalized spacial score (nSPS) is 15.1. The van der Waals surface area contributed by atoms with Crippen LogP contribution in [0.2, 0.25) is 0 Å². The molecule has 1 aromatic carbocycles. The first-order valence-electron chi connectivity index (χ1n) is 7.66. The Labute approximate surface area is 130 Å². The second-order valence-electron chi connectivity index (χ2n) is 5.76. The molecule has 1 heterocycles. The lowest BCUT2D eigenvalue weighted by atomic mass is 10.2. The van der Waals surface area contributed by atoms with Crippen LogP contribution in [0.15, 0.2) is 48.7 Å². The molecule has 0 saturated heterocycles. The molecule has 4 heteroatoms. The zero-order chi connectivity index (χ0) is 15.4. The number of aromatic nitrogens is 1. The summed E-state index contributed by atoms with van der Waals surface area (Å²) in [5, 5.41) is 3.02. The molecule has 1 saturated carbocycles. The number of rotatable bonds is 6. The first-order valence-corrected chi connectivity index (χ1v) is 7.66. The van der Waals surface area contributed by atoms with Gasteiger partial charge in [-0.05, 0) is 37.3 Å². The van der Waals surface area contributed by atoms with E-state index in [1.807, 2.05) is 30.3 Å². The maximum atomic E-state index is 12.1. The third-order valence-electron chi connectivity index (χ3n) is 3.92. The van der Waals surface area contributed by atoms with E-state index in [4.69, 9.17) is 4.74 Å². The van der Waals surface area contributed by atoms with Crippen molar-refractivity contribution in [1.29, 1.82) is 0 Å². The molecule has 1 aliphatic rings. The predicted octanol–water partition coefficient (Wildman–Crippen LogP) is 3.19. The summed E-state index contributed by atoms with van der Waals surface area (Å²) in [5.41, 5.74) is 1.66. The SMILES string of the molecule is CC(NC(=O)c1ccc(OCc2ccccc2)nc1)C1CC1. The van der Waals surface area contributed by atoms with E-state index in [0.29, 0.717) is 24.0 Å². The molecule has 1 unspecified atom stereocenters. The Morgan fingerprint density at radius 3 is 2.68 bits per heavy atom. The van der Waals surface area contributed by atoms with Gasteiger partial charge in [-0.25, -0.2) is 4.98 Å². The second kappa shape index (κ2) is 6.60. The molecule has 1 atom stereocenters. The maximum absolute atomic E-state index is 12.1. The van der Waals surface area contributed by atoms with Crippen molar-refractivity contribution < 1.29 is 9.53 Å². The summed E-state index contributed by atoms with van der Waals surface area (Å²) in [6.07, 6.45) is 3.99. The molecule has 1 amide bonds. The maximum Gasteiger partial charge on any atom is 0.253 e. The molecule has 0 spiro atoms. The highest BCUT2D eigenvalue weighted by atomic mass is 16.5. The van der Waals surface area contributed by atoms with Gasteiger partial charge in [-0.15, -0.1) is 0 Å². The highest BCUT2D eigenvalue weighted by Crippen LogP contribution is 2.32. The van der Waals surface area contributed by atoms with Gasteiger partial charge in [0, 0.05) is 18.3 Å². The minimum Gasteiger partial charge on any atom is -0.473 e. The third-order valence-corrected chi connectivity index (χ3v) is 3.92. The molecule has 3 rings (SSSR count). The standard InChI is InChI=1S/C18H20N2O2/c1-13(15-7-8-15)20-18(21)16-9-10-17(19-11-16)22-12-14-5-3-2-4-6-14/h2-6,9-11,13,15H,7-8,12H2,1H3,(H,20,21). The number of pyridine rings is 1. The average molecular weight is 296 g/mol. The summed E-state index contributed by atoms with van der Waals surface area (Å²) in [7, 11) is 0. The van der Waals surface area contributed by atoms with Crippen LogP contribution in [0.4, 0.5) is 0 Å². The minimum absolute atomic E-state index is 0.0680. The lowest BCUT2D eigenvalue weighted by Crippen LogP contribution is -2.34. The Balaban J connectivity index is 1.54. The summed E-state index contributed by atoms with van der Waals surface area (Å²) in [6.45, 7) is 2.53. The number of benzene rings is 1. The number of ether oxygens (including phenoxy) is 1. The molecule has 1 fully saturated rings. The molecule has 0 aliphatic heterocycles. The minimum atomic E-state index is -0.0680. The summed E-state index contributed by atoms with van der Waals surface area (Å²) >= 11 is 0. The van der Waals surface area contributed by atoms with Gasteiger partial charge in [-0.1, -0.05) is 30.3 Å². The molecule has 0 bridgehead atoms. The van der Waals surface area contributed by atoms with Crippen LogP contribution in [0.25, 0.3) is 0 Å². The smallest absolute Gasteiger partial charge is 0.253 e. The van der Waals surface area contributed by atoms with Crippen LogP contribution < -0.4 is 10.1 Å². The fraction of sp³-hybridized carbons (Fsp3) is 0.333. The van der Waals surface area contributed by atoms with Crippen LogP contribution in [-0.2, 0) is 6.61 Å². The van der Waals surface area contributed by atoms with Crippen LogP contribution >= 0.6 is 0 Å². The fourth-order valence-electron chi connectivity index (χ4n) is 2.34. The number of carbonyl (C=O) groups excluding carboxylic acids is 1. The van der Waals surface area contributed by atoms with Crippen LogP contribution in [0.1, 0.15) is 35.7 Å². The number of nitrogens with zero attached hydrogens (tertiary/aromatic N) is 1. The Morgan fingerprint density at radius 2 is 2.05 bits per heavy atom. The molecular formula is C18H20N2O2. The number of nitrogens with one attached hydrogen (secondary N) is 1. The predicted molar refractivity (Wildman–Crippen MR) is 84.7 cm³/mol. The molecule has 2 aromatic rings. The number of carbonyl (C=O) groups is 1. The van der Waals surface area contributed by atoms with Gasteiger partial charge in [0.25, 0.3) is 5.91 Å². The molecule has 4 nitrogen and oxygen atoms in total. The highest BCUT2D eigenvalue weighted by molar-refractivity contribution is 5.94. The van der Waals surface area contributed by atoms with E-state index in [2.05, 4.69) is 17.2 Å². The van der Waals surface area contributed by atoms with Crippen molar-refractivity contribution in [3.63, 3.8) is 0 Å². The topological polar surface area (TPSA) is 51.2 Å². The molecule has 1 aliphatic carbocycles. The zero-order valence-electron chi connectivity index (χ0n) is 12.7. The van der Waals surface area contributed by atoms with Crippen molar-refractivity contribution in [3.8, 4) is 5.88 Å². The molecule has 1 aromatic heterocycles. The number of hydrogen-bond acceptors (Lipinski definition) is 3. The van der Waals surface area contributed by atoms with Crippen molar-refractivity contribution >= 4 is 5.91 Å². The van der Waals surface area contributed by atoms with Gasteiger partial charge in [-0.2, -0.15) is 0 Å². The lowest BCUT2D eigenvalue weighted by molar-refractivity contribution is 0.0935. The Morgan fingerprint density at radius 1 is 1.27 bits per heavy atom. The van der Waals surface area contributed by atoms with Crippen LogP contribution in [0.5, 0.6) is 5.88 Å². The van der Waals surface area contributed by atoms with Gasteiger partial charge in [0.2, 0.25) is 5.88 Å². The lowest BCUT2D eigenvalue weighted by Gasteiger charge is -2.12. The van der Waals surface area contributed by atoms with Crippen LogP contribution in [0.3, 0.4) is 0 Å². The quantitative estimate of drug-likeness (QED) is 0.890. The second-order valence-corrected chi connectivity index (χ2v) is 5.76. The van der Waals surface area contributed by atoms with E-state index < -0.39 is 0 Å². The first kappa shape index (κ1) is 14.6. The molecule has 114 valence electrons. The van der Waals surface area contributed by atoms with E-state index in [-0.39, 0.29) is 11.9 Å². The van der Waals surface area contributed by atoms with Crippen molar-refractivity contribution in [3.05, 3.63) is 59.8 Å². The summed E-state index contributed by atoms with van der Waals surface area (Å²) in [5.74, 6) is 1.10. The van der Waals surface area contributed by atoms with Crippen molar-refractivity contribution in [2.75, 3.05) is 0 Å². The van der Waals surface area contributed by atoms with E-state index in [9.17, 15) is 4.79 Å². The first-order chi connectivity index (χ1) is 10.7. The third kappa shape index (κ3) is 3.85. The van der Waals surface area contributed by atoms with Crippen LogP contribution in [0, 0.1) is 5.92 Å². The van der Waals surface area contributed by atoms with E-state index >= 15 is 0 Å². The average Bonchev–Trinajstić information content (AvgIpc) is 3.39. The Hall–Kier alpha value is -2.36. The molecule has 22 heavy (non-hydrogen) atoms. The number of hydrogen-bond donors (Lipinski definition) is 1. The van der Waals surface area contributed by atoms with E-state index in [1.165, 1.54) is 12.8 Å². The van der Waals surface area contributed by atoms with Crippen molar-refractivity contribution in [1.82, 2.24) is 10.3 Å².